The minimum atomic E-state index is -0.474. The van der Waals surface area contributed by atoms with Gasteiger partial charge in [0, 0.05) is 16.9 Å². The quantitative estimate of drug-likeness (QED) is 0.874. The van der Waals surface area contributed by atoms with E-state index in [0.29, 0.717) is 13.2 Å². The maximum atomic E-state index is 10.6. The van der Waals surface area contributed by atoms with Crippen molar-refractivity contribution in [2.24, 2.45) is 5.92 Å². The Morgan fingerprint density at radius 2 is 2.00 bits per heavy atom. The van der Waals surface area contributed by atoms with Gasteiger partial charge >= 0.3 is 0 Å². The normalized spacial score (nSPS) is 24.0. The van der Waals surface area contributed by atoms with E-state index < -0.39 is 6.10 Å². The summed E-state index contributed by atoms with van der Waals surface area (Å²) in [6, 6.07) is 3.79. The van der Waals surface area contributed by atoms with Crippen LogP contribution in [0.25, 0.3) is 0 Å². The monoisotopic (exact) mass is 327 g/mol. The van der Waals surface area contributed by atoms with Crippen LogP contribution in [-0.4, -0.2) is 31.4 Å². The molecule has 2 N–H and O–H groups in total. The summed E-state index contributed by atoms with van der Waals surface area (Å²) in [5.41, 5.74) is 0.887. The van der Waals surface area contributed by atoms with Crippen LogP contribution in [0.15, 0.2) is 16.6 Å². The van der Waals surface area contributed by atoms with Crippen molar-refractivity contribution in [3.63, 3.8) is 0 Å². The number of nitrogens with one attached hydrogen (secondary N) is 1. The Bertz CT molecular complexity index is 460. The van der Waals surface area contributed by atoms with Crippen molar-refractivity contribution in [1.29, 1.82) is 0 Å². The average Bonchev–Trinajstić information content (AvgIpc) is 2.47. The lowest BCUT2D eigenvalue weighted by Crippen LogP contribution is -2.33. The highest BCUT2D eigenvalue weighted by atomic mass is 79.9. The zero-order chi connectivity index (χ0) is 13.2. The fraction of sp³-hybridized carbons (Fsp3) is 0.571. The maximum absolute atomic E-state index is 10.6. The first-order chi connectivity index (χ1) is 9.25. The van der Waals surface area contributed by atoms with Crippen LogP contribution in [0.5, 0.6) is 11.5 Å². The molecule has 0 radical (unpaired) electrons. The topological polar surface area (TPSA) is 50.7 Å². The van der Waals surface area contributed by atoms with Gasteiger partial charge in [0.25, 0.3) is 0 Å². The van der Waals surface area contributed by atoms with Crippen LogP contribution in [0.2, 0.25) is 0 Å². The second-order valence-electron chi connectivity index (χ2n) is 5.07. The Labute approximate surface area is 121 Å². The van der Waals surface area contributed by atoms with Crippen molar-refractivity contribution < 1.29 is 14.6 Å². The summed E-state index contributed by atoms with van der Waals surface area (Å²) in [5.74, 6) is 1.73. The second-order valence-corrected chi connectivity index (χ2v) is 5.92. The third-order valence-electron chi connectivity index (χ3n) is 3.76. The van der Waals surface area contributed by atoms with Gasteiger partial charge in [-0.1, -0.05) is 15.9 Å². The van der Waals surface area contributed by atoms with Crippen molar-refractivity contribution in [3.05, 3.63) is 22.2 Å². The molecule has 0 amide bonds. The number of hydrogen-bond donors (Lipinski definition) is 2. The van der Waals surface area contributed by atoms with Gasteiger partial charge in [-0.25, -0.2) is 0 Å². The molecule has 2 heterocycles. The van der Waals surface area contributed by atoms with E-state index in [9.17, 15) is 5.11 Å². The summed E-state index contributed by atoms with van der Waals surface area (Å²) in [5, 5.41) is 13.9. The highest BCUT2D eigenvalue weighted by molar-refractivity contribution is 9.10. The molecule has 0 bridgehead atoms. The zero-order valence-corrected chi connectivity index (χ0v) is 12.3. The van der Waals surface area contributed by atoms with E-state index in [2.05, 4.69) is 21.2 Å². The molecule has 0 aliphatic carbocycles. The van der Waals surface area contributed by atoms with Crippen LogP contribution in [-0.2, 0) is 0 Å². The molecule has 2 atom stereocenters. The van der Waals surface area contributed by atoms with Gasteiger partial charge in [-0.2, -0.15) is 0 Å². The number of fused-ring (bicyclic) bond motifs is 1. The molecule has 3 rings (SSSR count). The van der Waals surface area contributed by atoms with Crippen LogP contribution in [0.3, 0.4) is 0 Å². The van der Waals surface area contributed by atoms with E-state index in [4.69, 9.17) is 9.47 Å². The Balaban J connectivity index is 1.86. The standard InChI is InChI=1S/C14H18BrNO3/c15-11-7-13-12(18-4-5-19-13)6-10(11)14(17)9-2-1-3-16-8-9/h6-7,9,14,16-17H,1-5,8H2. The number of benzene rings is 1. The van der Waals surface area contributed by atoms with E-state index in [0.717, 1.165) is 47.5 Å². The largest absolute Gasteiger partial charge is 0.486 e. The fourth-order valence-corrected chi connectivity index (χ4v) is 3.27. The molecule has 0 spiro atoms. The number of aliphatic hydroxyl groups excluding tert-OH is 1. The van der Waals surface area contributed by atoms with Crippen molar-refractivity contribution in [3.8, 4) is 11.5 Å². The van der Waals surface area contributed by atoms with Gasteiger partial charge in [0.1, 0.15) is 13.2 Å². The molecule has 2 aliphatic heterocycles. The van der Waals surface area contributed by atoms with Crippen molar-refractivity contribution >= 4 is 15.9 Å². The first-order valence-electron chi connectivity index (χ1n) is 6.73. The van der Waals surface area contributed by atoms with Gasteiger partial charge in [-0.05, 0) is 37.1 Å². The Morgan fingerprint density at radius 3 is 2.68 bits per heavy atom. The number of aliphatic hydroxyl groups is 1. The third-order valence-corrected chi connectivity index (χ3v) is 4.45. The van der Waals surface area contributed by atoms with Crippen LogP contribution in [0.1, 0.15) is 24.5 Å². The molecule has 2 aliphatic rings. The van der Waals surface area contributed by atoms with Gasteiger partial charge in [-0.3, -0.25) is 0 Å². The summed E-state index contributed by atoms with van der Waals surface area (Å²) < 4.78 is 12.0. The summed E-state index contributed by atoms with van der Waals surface area (Å²) in [7, 11) is 0. The molecule has 5 heteroatoms. The molecule has 0 saturated carbocycles. The maximum Gasteiger partial charge on any atom is 0.162 e. The first-order valence-corrected chi connectivity index (χ1v) is 7.53. The second kappa shape index (κ2) is 5.69. The predicted molar refractivity (Wildman–Crippen MR) is 75.7 cm³/mol. The highest BCUT2D eigenvalue weighted by Crippen LogP contribution is 2.40. The van der Waals surface area contributed by atoms with Crippen LogP contribution in [0.4, 0.5) is 0 Å². The molecule has 1 fully saturated rings. The summed E-state index contributed by atoms with van der Waals surface area (Å²) in [6.07, 6.45) is 1.69. The average molecular weight is 328 g/mol. The van der Waals surface area contributed by atoms with Crippen LogP contribution in [0, 0.1) is 5.92 Å². The van der Waals surface area contributed by atoms with Gasteiger partial charge in [0.15, 0.2) is 11.5 Å². The van der Waals surface area contributed by atoms with Crippen molar-refractivity contribution in [2.45, 2.75) is 18.9 Å². The smallest absolute Gasteiger partial charge is 0.162 e. The van der Waals surface area contributed by atoms with Crippen molar-refractivity contribution in [1.82, 2.24) is 5.32 Å². The van der Waals surface area contributed by atoms with E-state index in [-0.39, 0.29) is 5.92 Å². The van der Waals surface area contributed by atoms with E-state index in [1.807, 2.05) is 12.1 Å². The fourth-order valence-electron chi connectivity index (χ4n) is 2.71. The lowest BCUT2D eigenvalue weighted by molar-refractivity contribution is 0.0906. The van der Waals surface area contributed by atoms with Gasteiger partial charge in [0.05, 0.1) is 6.10 Å². The van der Waals surface area contributed by atoms with E-state index in [1.165, 1.54) is 0 Å². The highest BCUT2D eigenvalue weighted by Gasteiger charge is 2.26. The number of ether oxygens (including phenoxy) is 2. The number of rotatable bonds is 2. The van der Waals surface area contributed by atoms with Crippen LogP contribution < -0.4 is 14.8 Å². The molecule has 19 heavy (non-hydrogen) atoms. The van der Waals surface area contributed by atoms with Crippen molar-refractivity contribution in [2.75, 3.05) is 26.3 Å². The Kier molecular flexibility index (Phi) is 3.96. The van der Waals surface area contributed by atoms with Gasteiger partial charge < -0.3 is 19.9 Å². The molecule has 104 valence electrons. The molecule has 1 saturated heterocycles. The minimum absolute atomic E-state index is 0.257. The van der Waals surface area contributed by atoms with E-state index >= 15 is 0 Å². The van der Waals surface area contributed by atoms with Gasteiger partial charge in [0.2, 0.25) is 0 Å². The summed E-state index contributed by atoms with van der Waals surface area (Å²) in [4.78, 5) is 0. The number of halogens is 1. The molecular formula is C14H18BrNO3. The molecule has 0 aromatic heterocycles. The zero-order valence-electron chi connectivity index (χ0n) is 10.7. The number of piperidine rings is 1. The molecule has 1 aromatic carbocycles. The Hall–Kier alpha value is -0.780. The lowest BCUT2D eigenvalue weighted by atomic mass is 9.89. The number of hydrogen-bond acceptors (Lipinski definition) is 4. The molecule has 1 aromatic rings. The van der Waals surface area contributed by atoms with Gasteiger partial charge in [-0.15, -0.1) is 0 Å². The Morgan fingerprint density at radius 1 is 1.26 bits per heavy atom. The van der Waals surface area contributed by atoms with E-state index in [1.54, 1.807) is 0 Å². The SMILES string of the molecule is OC(c1cc2c(cc1Br)OCCO2)C1CCCNC1. The molecular weight excluding hydrogens is 310 g/mol. The summed E-state index contributed by atoms with van der Waals surface area (Å²) in [6.45, 7) is 3.05. The minimum Gasteiger partial charge on any atom is -0.486 e. The predicted octanol–water partition coefficient (Wildman–Crippen LogP) is 2.25. The summed E-state index contributed by atoms with van der Waals surface area (Å²) >= 11 is 3.53. The van der Waals surface area contributed by atoms with Crippen LogP contribution >= 0.6 is 15.9 Å². The lowest BCUT2D eigenvalue weighted by Gasteiger charge is -2.29. The molecule has 2 unspecified atom stereocenters. The first kappa shape index (κ1) is 13.2. The third kappa shape index (κ3) is 2.73. The molecule has 4 nitrogen and oxygen atoms in total.